The summed E-state index contributed by atoms with van der Waals surface area (Å²) in [5, 5.41) is 34.3. The molecule has 3 aromatic heterocycles. The Morgan fingerprint density at radius 3 is 2.65 bits per heavy atom. The van der Waals surface area contributed by atoms with E-state index in [1.165, 1.54) is 22.7 Å². The number of hydrogen-bond donors (Lipinski definition) is 2. The van der Waals surface area contributed by atoms with Crippen LogP contribution in [0.25, 0.3) is 10.4 Å². The quantitative estimate of drug-likeness (QED) is 0.539. The number of nitrogen functional groups attached to an aromatic ring is 1. The Hall–Kier alpha value is -3.36. The van der Waals surface area contributed by atoms with Crippen LogP contribution in [0.3, 0.4) is 0 Å². The highest BCUT2D eigenvalue weighted by molar-refractivity contribution is 8.00. The van der Waals surface area contributed by atoms with Crippen LogP contribution in [0.5, 0.6) is 0 Å². The first-order valence-electron chi connectivity index (χ1n) is 9.22. The van der Waals surface area contributed by atoms with Crippen LogP contribution in [0.4, 0.5) is 10.8 Å². The largest absolute Gasteiger partial charge is 0.383 e. The van der Waals surface area contributed by atoms with Crippen LogP contribution < -0.4 is 11.1 Å². The molecule has 7 nitrogen and oxygen atoms in total. The number of carbonyl (C=O) groups is 1. The molecule has 3 heterocycles. The van der Waals surface area contributed by atoms with Crippen molar-refractivity contribution in [3.63, 3.8) is 0 Å². The zero-order chi connectivity index (χ0) is 22.0. The zero-order valence-electron chi connectivity index (χ0n) is 16.1. The normalized spacial score (nSPS) is 11.9. The summed E-state index contributed by atoms with van der Waals surface area (Å²) >= 11 is 3.92. The maximum Gasteiger partial charge on any atom is 0.235 e. The van der Waals surface area contributed by atoms with Crippen LogP contribution in [0.15, 0.2) is 22.5 Å². The molecule has 0 saturated carbocycles. The van der Waals surface area contributed by atoms with Crippen LogP contribution >= 0.6 is 34.4 Å². The van der Waals surface area contributed by atoms with Gasteiger partial charge in [0.25, 0.3) is 0 Å². The van der Waals surface area contributed by atoms with Crippen molar-refractivity contribution in [2.24, 2.45) is 0 Å². The first kappa shape index (κ1) is 20.9. The third-order valence-electron chi connectivity index (χ3n) is 4.81. The number of rotatable bonds is 5. The number of hydrogen-bond acceptors (Lipinski definition) is 9. The molecule has 0 fully saturated rings. The second-order valence-electron chi connectivity index (χ2n) is 6.64. The molecule has 1 aliphatic rings. The number of thiophene rings is 2. The van der Waals surface area contributed by atoms with Gasteiger partial charge in [0.05, 0.1) is 16.9 Å². The number of aryl methyl sites for hydroxylation is 1. The molecule has 0 aromatic carbocycles. The van der Waals surface area contributed by atoms with Crippen LogP contribution in [-0.2, 0) is 17.6 Å². The molecule has 10 heteroatoms. The van der Waals surface area contributed by atoms with E-state index in [-0.39, 0.29) is 28.6 Å². The number of anilines is 2. The number of nitriles is 3. The molecule has 1 aliphatic carbocycles. The maximum atomic E-state index is 12.6. The number of pyridine rings is 1. The minimum Gasteiger partial charge on any atom is -0.383 e. The topological polar surface area (TPSA) is 139 Å². The molecule has 0 atom stereocenters. The summed E-state index contributed by atoms with van der Waals surface area (Å²) in [4.78, 5) is 18.7. The van der Waals surface area contributed by atoms with Gasteiger partial charge in [-0.05, 0) is 36.3 Å². The molecular weight excluding hydrogens is 448 g/mol. The van der Waals surface area contributed by atoms with Gasteiger partial charge in [-0.2, -0.15) is 15.8 Å². The molecule has 0 saturated heterocycles. The Morgan fingerprint density at radius 2 is 1.97 bits per heavy atom. The lowest BCUT2D eigenvalue weighted by molar-refractivity contribution is -0.113. The Kier molecular flexibility index (Phi) is 5.92. The highest BCUT2D eigenvalue weighted by atomic mass is 32.2. The van der Waals surface area contributed by atoms with Crippen molar-refractivity contribution in [1.82, 2.24) is 4.98 Å². The zero-order valence-corrected chi connectivity index (χ0v) is 18.5. The van der Waals surface area contributed by atoms with Gasteiger partial charge in [-0.1, -0.05) is 17.8 Å². The van der Waals surface area contributed by atoms with Gasteiger partial charge >= 0.3 is 0 Å². The Labute approximate surface area is 190 Å². The number of aromatic nitrogens is 1. The summed E-state index contributed by atoms with van der Waals surface area (Å²) in [7, 11) is 0. The van der Waals surface area contributed by atoms with Gasteiger partial charge in [0.2, 0.25) is 5.91 Å². The number of carbonyl (C=O) groups excluding carboxylic acids is 1. The molecule has 31 heavy (non-hydrogen) atoms. The van der Waals surface area contributed by atoms with Crippen LogP contribution in [-0.4, -0.2) is 16.6 Å². The SMILES string of the molecule is N#Cc1c(NC(=O)CSc2nc(N)c(C#N)c(-c3cccs3)c2C#N)sc2c1CCC2. The summed E-state index contributed by atoms with van der Waals surface area (Å²) in [6.45, 7) is 0. The van der Waals surface area contributed by atoms with Gasteiger partial charge in [0.1, 0.15) is 39.6 Å². The second kappa shape index (κ2) is 8.79. The summed E-state index contributed by atoms with van der Waals surface area (Å²) < 4.78 is 0. The molecule has 0 unspecified atom stereocenters. The fourth-order valence-electron chi connectivity index (χ4n) is 3.48. The first-order valence-corrected chi connectivity index (χ1v) is 11.9. The van der Waals surface area contributed by atoms with Crippen molar-refractivity contribution in [3.05, 3.63) is 44.6 Å². The number of nitrogens with zero attached hydrogens (tertiary/aromatic N) is 4. The van der Waals surface area contributed by atoms with Crippen LogP contribution in [0.1, 0.15) is 33.6 Å². The minimum absolute atomic E-state index is 0.00959. The van der Waals surface area contributed by atoms with Gasteiger partial charge in [0.15, 0.2) is 0 Å². The third kappa shape index (κ3) is 3.87. The molecule has 152 valence electrons. The van der Waals surface area contributed by atoms with E-state index >= 15 is 0 Å². The molecule has 3 aromatic rings. The van der Waals surface area contributed by atoms with E-state index in [4.69, 9.17) is 5.73 Å². The first-order chi connectivity index (χ1) is 15.1. The summed E-state index contributed by atoms with van der Waals surface area (Å²) in [6, 6.07) is 9.98. The summed E-state index contributed by atoms with van der Waals surface area (Å²) in [5.74, 6) is -0.286. The highest BCUT2D eigenvalue weighted by Crippen LogP contribution is 2.39. The van der Waals surface area contributed by atoms with Crippen LogP contribution in [0, 0.1) is 34.0 Å². The Balaban J connectivity index is 1.58. The van der Waals surface area contributed by atoms with E-state index in [1.807, 2.05) is 23.6 Å². The van der Waals surface area contributed by atoms with Gasteiger partial charge in [-0.3, -0.25) is 4.79 Å². The standard InChI is InChI=1S/C21H14N6OS3/c22-7-12-11-3-1-4-15(11)31-21(12)26-17(28)10-30-20-14(9-24)18(16-5-2-6-29-16)13(8-23)19(25)27-20/h2,5-6H,1,3-4,10H2,(H2,25,27)(H,26,28). The van der Waals surface area contributed by atoms with Crippen molar-refractivity contribution in [2.75, 3.05) is 16.8 Å². The van der Waals surface area contributed by atoms with Gasteiger partial charge in [0, 0.05) is 15.3 Å². The monoisotopic (exact) mass is 462 g/mol. The average Bonchev–Trinajstić information content (AvgIpc) is 3.49. The number of nitrogens with one attached hydrogen (secondary N) is 1. The molecule has 4 rings (SSSR count). The van der Waals surface area contributed by atoms with Crippen molar-refractivity contribution in [2.45, 2.75) is 24.3 Å². The molecule has 0 spiro atoms. The van der Waals surface area contributed by atoms with E-state index in [1.54, 1.807) is 0 Å². The van der Waals surface area contributed by atoms with E-state index in [0.717, 1.165) is 46.3 Å². The second-order valence-corrected chi connectivity index (χ2v) is 9.66. The molecular formula is C21H14N6OS3. The lowest BCUT2D eigenvalue weighted by Gasteiger charge is -2.11. The van der Waals surface area contributed by atoms with E-state index in [2.05, 4.69) is 22.4 Å². The lowest BCUT2D eigenvalue weighted by atomic mass is 10.0. The van der Waals surface area contributed by atoms with Crippen LogP contribution in [0.2, 0.25) is 0 Å². The molecule has 3 N–H and O–H groups in total. The molecule has 0 radical (unpaired) electrons. The number of nitrogens with two attached hydrogens (primary N) is 1. The fourth-order valence-corrected chi connectivity index (χ4v) is 6.31. The van der Waals surface area contributed by atoms with Crippen molar-refractivity contribution in [1.29, 1.82) is 15.8 Å². The molecule has 0 bridgehead atoms. The van der Waals surface area contributed by atoms with Gasteiger partial charge < -0.3 is 11.1 Å². The Morgan fingerprint density at radius 1 is 1.19 bits per heavy atom. The molecule has 1 amide bonds. The predicted octanol–water partition coefficient (Wildman–Crippen LogP) is 4.29. The number of thioether (sulfide) groups is 1. The van der Waals surface area contributed by atoms with E-state index in [0.29, 0.717) is 21.2 Å². The minimum atomic E-state index is -0.298. The van der Waals surface area contributed by atoms with Gasteiger partial charge in [-0.15, -0.1) is 22.7 Å². The average molecular weight is 463 g/mol. The maximum absolute atomic E-state index is 12.6. The fraction of sp³-hybridized carbons (Fsp3) is 0.190. The van der Waals surface area contributed by atoms with Crippen molar-refractivity contribution < 1.29 is 4.79 Å². The smallest absolute Gasteiger partial charge is 0.235 e. The molecule has 0 aliphatic heterocycles. The van der Waals surface area contributed by atoms with Crippen molar-refractivity contribution in [3.8, 4) is 28.6 Å². The summed E-state index contributed by atoms with van der Waals surface area (Å²) in [6.07, 6.45) is 2.84. The highest BCUT2D eigenvalue weighted by Gasteiger charge is 2.24. The number of amides is 1. The predicted molar refractivity (Wildman–Crippen MR) is 122 cm³/mol. The van der Waals surface area contributed by atoms with Gasteiger partial charge in [-0.25, -0.2) is 4.98 Å². The number of fused-ring (bicyclic) bond motifs is 1. The summed E-state index contributed by atoms with van der Waals surface area (Å²) in [5.41, 5.74) is 8.40. The lowest BCUT2D eigenvalue weighted by Crippen LogP contribution is -2.14. The Bertz CT molecular complexity index is 1310. The van der Waals surface area contributed by atoms with E-state index in [9.17, 15) is 20.6 Å². The third-order valence-corrected chi connectivity index (χ3v) is 7.88. The van der Waals surface area contributed by atoms with Crippen molar-refractivity contribution >= 4 is 51.2 Å². The van der Waals surface area contributed by atoms with E-state index < -0.39 is 0 Å².